The second kappa shape index (κ2) is 10.2. The topological polar surface area (TPSA) is 102 Å². The first-order chi connectivity index (χ1) is 21.5. The van der Waals surface area contributed by atoms with Gasteiger partial charge in [0, 0.05) is 24.1 Å². The lowest BCUT2D eigenvalue weighted by Crippen LogP contribution is -2.46. The summed E-state index contributed by atoms with van der Waals surface area (Å²) < 4.78 is 13.3. The molecule has 4 heterocycles. The summed E-state index contributed by atoms with van der Waals surface area (Å²) in [6.45, 7) is 2.05. The van der Waals surface area contributed by atoms with E-state index in [0.717, 1.165) is 39.1 Å². The van der Waals surface area contributed by atoms with Gasteiger partial charge in [0.25, 0.3) is 0 Å². The van der Waals surface area contributed by atoms with Crippen LogP contribution >= 0.6 is 0 Å². The first kappa shape index (κ1) is 26.0. The number of fused-ring (bicyclic) bond motifs is 5. The number of pyridine rings is 1. The maximum Gasteiger partial charge on any atom is 0.415 e. The maximum absolute atomic E-state index is 13.8. The predicted molar refractivity (Wildman–Crippen MR) is 166 cm³/mol. The van der Waals surface area contributed by atoms with Crippen molar-refractivity contribution >= 4 is 29.3 Å². The van der Waals surface area contributed by atoms with Crippen molar-refractivity contribution in [2.45, 2.75) is 25.3 Å². The van der Waals surface area contributed by atoms with Crippen LogP contribution in [0.25, 0.3) is 28.1 Å². The molecule has 8 rings (SSSR count). The molecule has 1 aliphatic heterocycles. The second-order valence-corrected chi connectivity index (χ2v) is 11.1. The van der Waals surface area contributed by atoms with E-state index in [-0.39, 0.29) is 18.5 Å². The molecule has 1 N–H and O–H groups in total. The molecule has 9 nitrogen and oxygen atoms in total. The minimum atomic E-state index is -0.823. The highest BCUT2D eigenvalue weighted by Crippen LogP contribution is 2.45. The van der Waals surface area contributed by atoms with E-state index >= 15 is 0 Å². The number of furan rings is 1. The molecule has 44 heavy (non-hydrogen) atoms. The molecule has 1 atom stereocenters. The monoisotopic (exact) mass is 581 g/mol. The van der Waals surface area contributed by atoms with Gasteiger partial charge in [0.15, 0.2) is 5.65 Å². The molecule has 0 bridgehead atoms. The lowest BCUT2D eigenvalue weighted by molar-refractivity contribution is -0.117. The Hall–Kier alpha value is -5.70. The van der Waals surface area contributed by atoms with E-state index in [0.29, 0.717) is 23.5 Å². The van der Waals surface area contributed by atoms with Crippen LogP contribution in [0.1, 0.15) is 28.4 Å². The van der Waals surface area contributed by atoms with E-state index in [1.165, 1.54) is 4.90 Å². The molecule has 3 aromatic heterocycles. The molecule has 9 heteroatoms. The zero-order chi connectivity index (χ0) is 29.8. The van der Waals surface area contributed by atoms with Gasteiger partial charge in [-0.2, -0.15) is 4.98 Å². The number of hydrogen-bond donors (Lipinski definition) is 1. The molecule has 1 aliphatic carbocycles. The quantitative estimate of drug-likeness (QED) is 0.246. The van der Waals surface area contributed by atoms with Crippen LogP contribution in [0.5, 0.6) is 0 Å². The average molecular weight is 582 g/mol. The van der Waals surface area contributed by atoms with Crippen LogP contribution < -0.4 is 10.2 Å². The van der Waals surface area contributed by atoms with Crippen LogP contribution in [0.15, 0.2) is 108 Å². The number of hydrogen-bond acceptors (Lipinski definition) is 6. The van der Waals surface area contributed by atoms with Gasteiger partial charge in [-0.15, -0.1) is 5.10 Å². The molecule has 0 saturated carbocycles. The van der Waals surface area contributed by atoms with E-state index in [9.17, 15) is 9.59 Å². The summed E-state index contributed by atoms with van der Waals surface area (Å²) in [6.07, 6.45) is 1.57. The molecule has 0 spiro atoms. The van der Waals surface area contributed by atoms with Gasteiger partial charge in [-0.25, -0.2) is 9.31 Å². The Bertz CT molecular complexity index is 2030. The highest BCUT2D eigenvalue weighted by Gasteiger charge is 2.40. The molecule has 0 saturated heterocycles. The first-order valence-electron chi connectivity index (χ1n) is 14.5. The van der Waals surface area contributed by atoms with E-state index in [4.69, 9.17) is 9.15 Å². The Kier molecular flexibility index (Phi) is 6.04. The van der Waals surface area contributed by atoms with Crippen LogP contribution in [0.4, 0.5) is 16.4 Å². The number of nitrogens with zero attached hydrogens (tertiary/aromatic N) is 4. The fourth-order valence-electron chi connectivity index (χ4n) is 6.35. The van der Waals surface area contributed by atoms with Crippen LogP contribution in [0.2, 0.25) is 0 Å². The molecule has 2 amide bonds. The molecule has 0 fully saturated rings. The molecular weight excluding hydrogens is 554 g/mol. The highest BCUT2D eigenvalue weighted by molar-refractivity contribution is 6.05. The number of anilines is 2. The fourth-order valence-corrected chi connectivity index (χ4v) is 6.35. The smallest absolute Gasteiger partial charge is 0.415 e. The van der Waals surface area contributed by atoms with E-state index < -0.39 is 18.0 Å². The summed E-state index contributed by atoms with van der Waals surface area (Å²) >= 11 is 0. The Labute approximate surface area is 252 Å². The number of carbonyl (C=O) groups excluding carboxylic acids is 2. The first-order valence-corrected chi connectivity index (χ1v) is 14.5. The summed E-state index contributed by atoms with van der Waals surface area (Å²) in [5.41, 5.74) is 7.51. The molecule has 2 aliphatic rings. The van der Waals surface area contributed by atoms with Crippen molar-refractivity contribution < 1.29 is 18.7 Å². The third-order valence-corrected chi connectivity index (χ3v) is 8.40. The van der Waals surface area contributed by atoms with E-state index in [1.807, 2.05) is 79.7 Å². The molecule has 6 aromatic rings. The van der Waals surface area contributed by atoms with Gasteiger partial charge in [0.1, 0.15) is 24.2 Å². The lowest BCUT2D eigenvalue weighted by Gasteiger charge is -2.25. The van der Waals surface area contributed by atoms with Crippen LogP contribution in [-0.4, -0.2) is 39.2 Å². The second-order valence-electron chi connectivity index (χ2n) is 11.1. The van der Waals surface area contributed by atoms with E-state index in [1.54, 1.807) is 10.7 Å². The van der Waals surface area contributed by atoms with Crippen molar-refractivity contribution in [2.75, 3.05) is 16.8 Å². The zero-order valence-corrected chi connectivity index (χ0v) is 23.8. The number of aryl methyl sites for hydroxylation is 1. The lowest BCUT2D eigenvalue weighted by atomic mass is 9.98. The number of aromatic nitrogens is 3. The number of ether oxygens (including phenoxy) is 1. The summed E-state index contributed by atoms with van der Waals surface area (Å²) in [4.78, 5) is 33.4. The van der Waals surface area contributed by atoms with Crippen LogP contribution in [-0.2, 0) is 16.0 Å². The minimum absolute atomic E-state index is 0.0892. The largest absolute Gasteiger partial charge is 0.461 e. The molecule has 3 aromatic carbocycles. The third-order valence-electron chi connectivity index (χ3n) is 8.40. The average Bonchev–Trinajstić information content (AvgIpc) is 3.82. The van der Waals surface area contributed by atoms with Gasteiger partial charge in [-0.3, -0.25) is 15.0 Å². The highest BCUT2D eigenvalue weighted by atomic mass is 16.6. The Morgan fingerprint density at radius 1 is 0.909 bits per heavy atom. The van der Waals surface area contributed by atoms with Gasteiger partial charge >= 0.3 is 6.09 Å². The van der Waals surface area contributed by atoms with E-state index in [2.05, 4.69) is 39.7 Å². The van der Waals surface area contributed by atoms with Crippen LogP contribution in [0.3, 0.4) is 0 Å². The molecule has 0 radical (unpaired) electrons. The summed E-state index contributed by atoms with van der Waals surface area (Å²) in [6, 6.07) is 30.6. The minimum Gasteiger partial charge on any atom is -0.461 e. The maximum atomic E-state index is 13.8. The Morgan fingerprint density at radius 2 is 1.64 bits per heavy atom. The van der Waals surface area contributed by atoms with Crippen molar-refractivity contribution in [3.8, 4) is 22.5 Å². The number of rotatable bonds is 5. The zero-order valence-electron chi connectivity index (χ0n) is 23.8. The summed E-state index contributed by atoms with van der Waals surface area (Å²) in [5, 5.41) is 7.29. The van der Waals surface area contributed by atoms with Crippen LogP contribution in [0, 0.1) is 6.92 Å². The fraction of sp³-hybridized carbons (Fsp3) is 0.143. The van der Waals surface area contributed by atoms with Gasteiger partial charge in [-0.05, 0) is 65.1 Å². The molecular formula is C35H27N5O4. The van der Waals surface area contributed by atoms with Crippen molar-refractivity contribution in [3.63, 3.8) is 0 Å². The molecule has 216 valence electrons. The van der Waals surface area contributed by atoms with Gasteiger partial charge in [-0.1, -0.05) is 66.7 Å². The van der Waals surface area contributed by atoms with Crippen molar-refractivity contribution in [2.24, 2.45) is 0 Å². The van der Waals surface area contributed by atoms with Gasteiger partial charge in [0.05, 0.1) is 5.69 Å². The van der Waals surface area contributed by atoms with Crippen molar-refractivity contribution in [1.82, 2.24) is 14.6 Å². The molecule has 0 unspecified atom stereocenters. The standard InChI is InChI=1S/C35H27N5O4/c1-21-14-16-31(44-21)23-15-17-32-36-34(38-39(32)19-23)37-33(41)30-18-22-8-2-7-13-29(22)40(30)35(42)43-20-28-26-11-5-3-9-24(26)25-10-4-6-12-27(25)28/h2-17,19,28,30H,18,20H2,1H3,(H,37,38,41)/t30-/m1/s1. The van der Waals surface area contributed by atoms with Gasteiger partial charge < -0.3 is 9.15 Å². The summed E-state index contributed by atoms with van der Waals surface area (Å²) in [5.74, 6) is 1.19. The SMILES string of the molecule is Cc1ccc(-c2ccc3nc(NC(=O)[C@H]4Cc5ccccc5N4C(=O)OCC4c5ccccc5-c5ccccc54)nn3c2)o1. The third kappa shape index (κ3) is 4.32. The normalized spacial score (nSPS) is 15.2. The Balaban J connectivity index is 1.03. The van der Waals surface area contributed by atoms with Gasteiger partial charge in [0.2, 0.25) is 11.9 Å². The van der Waals surface area contributed by atoms with Crippen molar-refractivity contribution in [1.29, 1.82) is 0 Å². The number of amides is 2. The number of para-hydroxylation sites is 1. The number of benzene rings is 3. The van der Waals surface area contributed by atoms with Crippen molar-refractivity contribution in [3.05, 3.63) is 126 Å². The number of carbonyl (C=O) groups is 2. The summed E-state index contributed by atoms with van der Waals surface area (Å²) in [7, 11) is 0. The Morgan fingerprint density at radius 3 is 2.39 bits per heavy atom. The predicted octanol–water partition coefficient (Wildman–Crippen LogP) is 6.62. The number of nitrogens with one attached hydrogen (secondary N) is 1.